The molecule has 326 valence electrons. The number of carboxylic acid groups (broad SMARTS) is 1. The van der Waals surface area contributed by atoms with Crippen LogP contribution in [0.4, 0.5) is 0 Å². The summed E-state index contributed by atoms with van der Waals surface area (Å²) < 4.78 is 6.62. The molecule has 0 aliphatic rings. The topological polar surface area (TPSA) is 92.7 Å². The Morgan fingerprint density at radius 1 is 0.436 bits per heavy atom. The molecule has 0 heterocycles. The summed E-state index contributed by atoms with van der Waals surface area (Å²) >= 11 is 0. The number of rotatable bonds is 44. The molecule has 0 bridgehead atoms. The number of aliphatic carboxylic acids is 1. The molecule has 0 rings (SSSR count). The molecule has 0 spiro atoms. The van der Waals surface area contributed by atoms with Gasteiger partial charge in [0.1, 0.15) is 11.6 Å². The number of nitrogens with one attached hydrogen (secondary N) is 1. The molecule has 1 atom stereocenters. The fourth-order valence-electron chi connectivity index (χ4n) is 8.11. The van der Waals surface area contributed by atoms with E-state index in [1.54, 1.807) is 0 Å². The quantitative estimate of drug-likeness (QED) is 0.0475. The van der Waals surface area contributed by atoms with Gasteiger partial charge >= 0.3 is 11.9 Å². The average molecular weight is 778 g/mol. The second kappa shape index (κ2) is 40.6. The monoisotopic (exact) mass is 778 g/mol. The van der Waals surface area contributed by atoms with Gasteiger partial charge in [0, 0.05) is 12.8 Å². The SMILES string of the molecule is CCCCCCCCCCCCCCCCCC(=O)N[C@@H](CCC(=O)O)C(=O)OC(CCCCCCCC)(CCCCCCCC)CCCCCCCCC. The van der Waals surface area contributed by atoms with E-state index in [0.29, 0.717) is 6.42 Å². The molecule has 0 saturated carbocycles. The minimum absolute atomic E-state index is 0.0697. The largest absolute Gasteiger partial charge is 0.481 e. The van der Waals surface area contributed by atoms with Gasteiger partial charge in [-0.25, -0.2) is 4.79 Å². The number of ether oxygens (including phenoxy) is 1. The van der Waals surface area contributed by atoms with Crippen LogP contribution < -0.4 is 5.32 Å². The van der Waals surface area contributed by atoms with Gasteiger partial charge in [0.25, 0.3) is 0 Å². The van der Waals surface area contributed by atoms with Crippen molar-refractivity contribution < 1.29 is 24.2 Å². The molecule has 0 fully saturated rings. The number of carbonyl (C=O) groups excluding carboxylic acids is 2. The van der Waals surface area contributed by atoms with Crippen molar-refractivity contribution in [3.8, 4) is 0 Å². The second-order valence-electron chi connectivity index (χ2n) is 17.3. The van der Waals surface area contributed by atoms with Crippen molar-refractivity contribution in [2.75, 3.05) is 0 Å². The summed E-state index contributed by atoms with van der Waals surface area (Å²) in [5.74, 6) is -1.54. The molecule has 0 aromatic carbocycles. The highest BCUT2D eigenvalue weighted by Crippen LogP contribution is 2.34. The number of carbonyl (C=O) groups is 3. The first-order valence-electron chi connectivity index (χ1n) is 24.6. The molecule has 0 unspecified atom stereocenters. The van der Waals surface area contributed by atoms with Crippen molar-refractivity contribution in [2.24, 2.45) is 0 Å². The predicted molar refractivity (Wildman–Crippen MR) is 236 cm³/mol. The molecule has 1 amide bonds. The van der Waals surface area contributed by atoms with Gasteiger partial charge in [-0.3, -0.25) is 9.59 Å². The number of amides is 1. The van der Waals surface area contributed by atoms with Gasteiger partial charge in [0.2, 0.25) is 5.91 Å². The molecule has 0 aliphatic carbocycles. The van der Waals surface area contributed by atoms with E-state index in [1.165, 1.54) is 161 Å². The molecule has 2 N–H and O–H groups in total. The van der Waals surface area contributed by atoms with E-state index in [2.05, 4.69) is 33.0 Å². The summed E-state index contributed by atoms with van der Waals surface area (Å²) in [5.41, 5.74) is -0.545. The van der Waals surface area contributed by atoms with E-state index in [1.807, 2.05) is 0 Å². The van der Waals surface area contributed by atoms with Crippen LogP contribution >= 0.6 is 0 Å². The molecule has 0 aliphatic heterocycles. The van der Waals surface area contributed by atoms with Crippen molar-refractivity contribution in [3.63, 3.8) is 0 Å². The van der Waals surface area contributed by atoms with Crippen molar-refractivity contribution in [1.29, 1.82) is 0 Å². The highest BCUT2D eigenvalue weighted by Gasteiger charge is 2.36. The molecule has 0 aromatic heterocycles. The third kappa shape index (κ3) is 35.3. The molecule has 6 heteroatoms. The molecular formula is C49H95NO5. The minimum atomic E-state index is -0.956. The van der Waals surface area contributed by atoms with Crippen molar-refractivity contribution in [2.45, 2.75) is 296 Å². The van der Waals surface area contributed by atoms with Crippen LogP contribution in [0.15, 0.2) is 0 Å². The summed E-state index contributed by atoms with van der Waals surface area (Å²) in [5, 5.41) is 12.5. The van der Waals surface area contributed by atoms with Gasteiger partial charge in [-0.2, -0.15) is 0 Å². The molecule has 55 heavy (non-hydrogen) atoms. The normalized spacial score (nSPS) is 12.2. The Morgan fingerprint density at radius 3 is 1.04 bits per heavy atom. The van der Waals surface area contributed by atoms with E-state index < -0.39 is 23.6 Å². The number of carboxylic acids is 1. The second-order valence-corrected chi connectivity index (χ2v) is 17.3. The Kier molecular flexibility index (Phi) is 39.4. The molecular weight excluding hydrogens is 683 g/mol. The maximum atomic E-state index is 14.0. The highest BCUT2D eigenvalue weighted by molar-refractivity contribution is 5.85. The minimum Gasteiger partial charge on any atom is -0.481 e. The van der Waals surface area contributed by atoms with E-state index in [-0.39, 0.29) is 18.7 Å². The Hall–Kier alpha value is -1.59. The third-order valence-corrected chi connectivity index (χ3v) is 11.8. The fourth-order valence-corrected chi connectivity index (χ4v) is 8.11. The van der Waals surface area contributed by atoms with Gasteiger partial charge in [-0.1, -0.05) is 220 Å². The van der Waals surface area contributed by atoms with Crippen molar-refractivity contribution >= 4 is 17.8 Å². The smallest absolute Gasteiger partial charge is 0.329 e. The zero-order valence-corrected chi connectivity index (χ0v) is 37.4. The lowest BCUT2D eigenvalue weighted by Gasteiger charge is -2.36. The fraction of sp³-hybridized carbons (Fsp3) is 0.939. The zero-order valence-electron chi connectivity index (χ0n) is 37.4. The van der Waals surface area contributed by atoms with Crippen LogP contribution in [-0.4, -0.2) is 34.6 Å². The summed E-state index contributed by atoms with van der Waals surface area (Å²) in [6.07, 6.45) is 44.7. The Bertz CT molecular complexity index is 844. The maximum absolute atomic E-state index is 14.0. The predicted octanol–water partition coefficient (Wildman–Crippen LogP) is 15.5. The molecule has 0 radical (unpaired) electrons. The van der Waals surface area contributed by atoms with Gasteiger partial charge in [-0.15, -0.1) is 0 Å². The average Bonchev–Trinajstić information content (AvgIpc) is 3.17. The molecule has 0 aromatic rings. The lowest BCUT2D eigenvalue weighted by molar-refractivity contribution is -0.167. The van der Waals surface area contributed by atoms with Crippen LogP contribution in [0.1, 0.15) is 285 Å². The highest BCUT2D eigenvalue weighted by atomic mass is 16.6. The van der Waals surface area contributed by atoms with E-state index in [4.69, 9.17) is 4.74 Å². The number of unbranched alkanes of at least 4 members (excludes halogenated alkanes) is 30. The Balaban J connectivity index is 5.23. The number of hydrogen-bond acceptors (Lipinski definition) is 4. The first-order chi connectivity index (χ1) is 26.8. The Labute approximate surface area is 342 Å². The van der Waals surface area contributed by atoms with E-state index in [9.17, 15) is 19.5 Å². The van der Waals surface area contributed by atoms with Crippen LogP contribution in [0.2, 0.25) is 0 Å². The van der Waals surface area contributed by atoms with Crippen molar-refractivity contribution in [1.82, 2.24) is 5.32 Å². The lowest BCUT2D eigenvalue weighted by atomic mass is 9.84. The first-order valence-corrected chi connectivity index (χ1v) is 24.6. The third-order valence-electron chi connectivity index (χ3n) is 11.8. The maximum Gasteiger partial charge on any atom is 0.329 e. The van der Waals surface area contributed by atoms with E-state index >= 15 is 0 Å². The summed E-state index contributed by atoms with van der Waals surface area (Å²) in [6, 6.07) is -0.914. The summed E-state index contributed by atoms with van der Waals surface area (Å²) in [6.45, 7) is 9.01. The standard InChI is InChI=1S/C49H95NO5/c1-5-9-13-17-21-22-23-24-25-26-27-28-29-31-35-39-46(51)50-45(40-41-47(52)53)48(54)55-49(42-36-32-19-15-11-7-3,43-37-33-20-16-12-8-4)44-38-34-30-18-14-10-6-2/h45H,5-44H2,1-4H3,(H,50,51)(H,52,53)/t45-/m0/s1. The van der Waals surface area contributed by atoms with Crippen LogP contribution in [-0.2, 0) is 19.1 Å². The van der Waals surface area contributed by atoms with Crippen molar-refractivity contribution in [3.05, 3.63) is 0 Å². The first kappa shape index (κ1) is 53.4. The number of hydrogen-bond donors (Lipinski definition) is 2. The van der Waals surface area contributed by atoms with Gasteiger partial charge < -0.3 is 15.2 Å². The summed E-state index contributed by atoms with van der Waals surface area (Å²) in [7, 11) is 0. The molecule has 6 nitrogen and oxygen atoms in total. The zero-order chi connectivity index (χ0) is 40.5. The van der Waals surface area contributed by atoms with Crippen LogP contribution in [0.25, 0.3) is 0 Å². The van der Waals surface area contributed by atoms with Crippen LogP contribution in [0, 0.1) is 0 Å². The Morgan fingerprint density at radius 2 is 0.727 bits per heavy atom. The number of esters is 1. The summed E-state index contributed by atoms with van der Waals surface area (Å²) in [4.78, 5) is 38.8. The van der Waals surface area contributed by atoms with Crippen LogP contribution in [0.3, 0.4) is 0 Å². The van der Waals surface area contributed by atoms with Gasteiger partial charge in [-0.05, 0) is 51.4 Å². The van der Waals surface area contributed by atoms with E-state index in [0.717, 1.165) is 77.0 Å². The van der Waals surface area contributed by atoms with Gasteiger partial charge in [0.05, 0.1) is 0 Å². The lowest BCUT2D eigenvalue weighted by Crippen LogP contribution is -2.46. The van der Waals surface area contributed by atoms with Crippen LogP contribution in [0.5, 0.6) is 0 Å². The van der Waals surface area contributed by atoms with Gasteiger partial charge in [0.15, 0.2) is 0 Å². The molecule has 0 saturated heterocycles.